The lowest BCUT2D eigenvalue weighted by atomic mass is 10.1. The van der Waals surface area contributed by atoms with Crippen LogP contribution >= 0.6 is 0 Å². The largest absolute Gasteiger partial charge is 0.352 e. The second kappa shape index (κ2) is 8.75. The second-order valence-electron chi connectivity index (χ2n) is 5.25. The van der Waals surface area contributed by atoms with Gasteiger partial charge in [-0.3, -0.25) is 4.79 Å². The minimum absolute atomic E-state index is 0.0904. The van der Waals surface area contributed by atoms with Gasteiger partial charge >= 0.3 is 0 Å². The average Bonchev–Trinajstić information content (AvgIpc) is 2.50. The predicted octanol–water partition coefficient (Wildman–Crippen LogP) is 3.03. The Bertz CT molecular complexity index is 413. The van der Waals surface area contributed by atoms with E-state index in [1.807, 2.05) is 13.0 Å². The molecule has 1 unspecified atom stereocenters. The van der Waals surface area contributed by atoms with Gasteiger partial charge in [-0.05, 0) is 37.3 Å². The molecule has 0 aliphatic heterocycles. The van der Waals surface area contributed by atoms with Crippen molar-refractivity contribution in [1.82, 2.24) is 10.6 Å². The fourth-order valence-electron chi connectivity index (χ4n) is 2.25. The first-order valence-corrected chi connectivity index (χ1v) is 7.72. The van der Waals surface area contributed by atoms with Gasteiger partial charge in [0.25, 0.3) is 0 Å². The van der Waals surface area contributed by atoms with Gasteiger partial charge in [0, 0.05) is 12.6 Å². The molecule has 0 aromatic heterocycles. The summed E-state index contributed by atoms with van der Waals surface area (Å²) < 4.78 is 0. The number of amides is 1. The molecule has 3 nitrogen and oxygen atoms in total. The topological polar surface area (TPSA) is 41.1 Å². The molecule has 3 heteroatoms. The van der Waals surface area contributed by atoms with E-state index >= 15 is 0 Å². The molecule has 112 valence electrons. The van der Waals surface area contributed by atoms with Crippen LogP contribution in [0.4, 0.5) is 0 Å². The van der Waals surface area contributed by atoms with Crippen LogP contribution in [0.1, 0.15) is 51.7 Å². The summed E-state index contributed by atoms with van der Waals surface area (Å²) in [7, 11) is 0. The summed E-state index contributed by atoms with van der Waals surface area (Å²) in [5.74, 6) is 0.0904. The van der Waals surface area contributed by atoms with E-state index in [9.17, 15) is 4.79 Å². The number of rotatable bonds is 8. The number of hydrogen-bond donors (Lipinski definition) is 2. The summed E-state index contributed by atoms with van der Waals surface area (Å²) >= 11 is 0. The first-order chi connectivity index (χ1) is 9.62. The molecular formula is C17H28N2O. The Morgan fingerprint density at radius 1 is 1.10 bits per heavy atom. The van der Waals surface area contributed by atoms with Crippen molar-refractivity contribution in [2.45, 2.75) is 65.6 Å². The van der Waals surface area contributed by atoms with Crippen molar-refractivity contribution in [2.24, 2.45) is 0 Å². The third-order valence-electron chi connectivity index (χ3n) is 3.82. The highest BCUT2D eigenvalue weighted by Crippen LogP contribution is 2.09. The van der Waals surface area contributed by atoms with Crippen LogP contribution in [0, 0.1) is 0 Å². The summed E-state index contributed by atoms with van der Waals surface area (Å²) in [5, 5.41) is 6.39. The summed E-state index contributed by atoms with van der Waals surface area (Å²) in [4.78, 5) is 12.1. The Hall–Kier alpha value is -1.35. The summed E-state index contributed by atoms with van der Waals surface area (Å²) in [6.07, 6.45) is 2.98. The van der Waals surface area contributed by atoms with E-state index in [1.165, 1.54) is 11.1 Å². The molecule has 0 saturated carbocycles. The van der Waals surface area contributed by atoms with E-state index in [-0.39, 0.29) is 18.0 Å². The molecule has 0 aliphatic carbocycles. The standard InChI is InChI=1S/C17H28N2O/c1-5-14-10-8-9-11-15(14)12-18-13(4)17(20)19-16(6-2)7-3/h8-11,13,16,18H,5-7,12H2,1-4H3,(H,19,20). The monoisotopic (exact) mass is 276 g/mol. The van der Waals surface area contributed by atoms with Crippen LogP contribution in [0.5, 0.6) is 0 Å². The number of nitrogens with one attached hydrogen (secondary N) is 2. The van der Waals surface area contributed by atoms with Crippen molar-refractivity contribution in [2.75, 3.05) is 0 Å². The zero-order valence-corrected chi connectivity index (χ0v) is 13.2. The molecule has 0 aliphatic rings. The Kier molecular flexibility index (Phi) is 7.31. The van der Waals surface area contributed by atoms with Crippen LogP contribution in [0.3, 0.4) is 0 Å². The molecule has 1 atom stereocenters. The maximum Gasteiger partial charge on any atom is 0.237 e. The Morgan fingerprint density at radius 3 is 2.25 bits per heavy atom. The van der Waals surface area contributed by atoms with Crippen molar-refractivity contribution < 1.29 is 4.79 Å². The molecule has 1 aromatic rings. The molecule has 0 saturated heterocycles. The Morgan fingerprint density at radius 2 is 1.70 bits per heavy atom. The number of benzene rings is 1. The molecule has 0 radical (unpaired) electrons. The zero-order chi connectivity index (χ0) is 15.0. The number of carbonyl (C=O) groups excluding carboxylic acids is 1. The summed E-state index contributed by atoms with van der Waals surface area (Å²) in [6, 6.07) is 8.50. The lowest BCUT2D eigenvalue weighted by molar-refractivity contribution is -0.123. The number of aryl methyl sites for hydroxylation is 1. The minimum Gasteiger partial charge on any atom is -0.352 e. The first-order valence-electron chi connectivity index (χ1n) is 7.72. The highest BCUT2D eigenvalue weighted by molar-refractivity contribution is 5.81. The van der Waals surface area contributed by atoms with Crippen LogP contribution in [-0.2, 0) is 17.8 Å². The van der Waals surface area contributed by atoms with E-state index in [4.69, 9.17) is 0 Å². The predicted molar refractivity (Wildman–Crippen MR) is 84.6 cm³/mol. The molecule has 2 N–H and O–H groups in total. The number of carbonyl (C=O) groups is 1. The third kappa shape index (κ3) is 4.97. The molecule has 1 aromatic carbocycles. The summed E-state index contributed by atoms with van der Waals surface area (Å²) in [5.41, 5.74) is 2.62. The van der Waals surface area contributed by atoms with Crippen molar-refractivity contribution in [3.05, 3.63) is 35.4 Å². The van der Waals surface area contributed by atoms with Gasteiger partial charge in [0.05, 0.1) is 6.04 Å². The van der Waals surface area contributed by atoms with Gasteiger partial charge in [0.2, 0.25) is 5.91 Å². The molecule has 1 amide bonds. The maximum atomic E-state index is 12.1. The van der Waals surface area contributed by atoms with Crippen molar-refractivity contribution >= 4 is 5.91 Å². The maximum absolute atomic E-state index is 12.1. The molecule has 0 bridgehead atoms. The lowest BCUT2D eigenvalue weighted by Gasteiger charge is -2.20. The second-order valence-corrected chi connectivity index (χ2v) is 5.25. The SMILES string of the molecule is CCc1ccccc1CNC(C)C(=O)NC(CC)CC. The quantitative estimate of drug-likeness (QED) is 0.766. The van der Waals surface area contributed by atoms with Crippen molar-refractivity contribution in [3.8, 4) is 0 Å². The molecule has 0 heterocycles. The van der Waals surface area contributed by atoms with Crippen LogP contribution in [0.2, 0.25) is 0 Å². The van der Waals surface area contributed by atoms with Crippen LogP contribution in [-0.4, -0.2) is 18.0 Å². The fourth-order valence-corrected chi connectivity index (χ4v) is 2.25. The smallest absolute Gasteiger partial charge is 0.237 e. The highest BCUT2D eigenvalue weighted by atomic mass is 16.2. The van der Waals surface area contributed by atoms with Gasteiger partial charge in [0.1, 0.15) is 0 Å². The molecular weight excluding hydrogens is 248 g/mol. The van der Waals surface area contributed by atoms with E-state index in [2.05, 4.69) is 49.6 Å². The summed E-state index contributed by atoms with van der Waals surface area (Å²) in [6.45, 7) is 9.02. The van der Waals surface area contributed by atoms with E-state index in [0.29, 0.717) is 0 Å². The number of hydrogen-bond acceptors (Lipinski definition) is 2. The van der Waals surface area contributed by atoms with Crippen molar-refractivity contribution in [3.63, 3.8) is 0 Å². The van der Waals surface area contributed by atoms with Gasteiger partial charge in [0.15, 0.2) is 0 Å². The normalized spacial score (nSPS) is 12.4. The molecule has 1 rings (SSSR count). The highest BCUT2D eigenvalue weighted by Gasteiger charge is 2.15. The lowest BCUT2D eigenvalue weighted by Crippen LogP contribution is -2.45. The molecule has 20 heavy (non-hydrogen) atoms. The Balaban J connectivity index is 2.50. The van der Waals surface area contributed by atoms with Gasteiger partial charge < -0.3 is 10.6 Å². The van der Waals surface area contributed by atoms with Gasteiger partial charge in [-0.25, -0.2) is 0 Å². The van der Waals surface area contributed by atoms with Gasteiger partial charge in [-0.15, -0.1) is 0 Å². The van der Waals surface area contributed by atoms with E-state index in [0.717, 1.165) is 25.8 Å². The van der Waals surface area contributed by atoms with E-state index in [1.54, 1.807) is 0 Å². The van der Waals surface area contributed by atoms with Crippen LogP contribution < -0.4 is 10.6 Å². The molecule has 0 fully saturated rings. The Labute approximate surface area is 123 Å². The van der Waals surface area contributed by atoms with Crippen LogP contribution in [0.15, 0.2) is 24.3 Å². The van der Waals surface area contributed by atoms with Crippen LogP contribution in [0.25, 0.3) is 0 Å². The average molecular weight is 276 g/mol. The first kappa shape index (κ1) is 16.7. The van der Waals surface area contributed by atoms with Gasteiger partial charge in [-0.1, -0.05) is 45.0 Å². The van der Waals surface area contributed by atoms with E-state index < -0.39 is 0 Å². The minimum atomic E-state index is -0.166. The van der Waals surface area contributed by atoms with Gasteiger partial charge in [-0.2, -0.15) is 0 Å². The van der Waals surface area contributed by atoms with Crippen molar-refractivity contribution in [1.29, 1.82) is 0 Å². The fraction of sp³-hybridized carbons (Fsp3) is 0.588. The third-order valence-corrected chi connectivity index (χ3v) is 3.82. The zero-order valence-electron chi connectivity index (χ0n) is 13.2. The molecule has 0 spiro atoms.